The number of carbonyl (C=O) groups excluding carboxylic acids is 3. The molecule has 26 heavy (non-hydrogen) atoms. The molecule has 10 heteroatoms. The highest BCUT2D eigenvalue weighted by atomic mass is 35.5. The Morgan fingerprint density at radius 3 is 2.58 bits per heavy atom. The third kappa shape index (κ3) is 3.54. The first kappa shape index (κ1) is 18.7. The maximum atomic E-state index is 12.7. The number of nitrogens with zero attached hydrogens (tertiary/aromatic N) is 1. The number of carbonyl (C=O) groups is 3. The monoisotopic (exact) mass is 399 g/mol. The second-order valence-corrected chi connectivity index (χ2v) is 9.29. The second-order valence-electron chi connectivity index (χ2n) is 6.62. The van der Waals surface area contributed by atoms with Crippen LogP contribution in [0.4, 0.5) is 4.79 Å². The van der Waals surface area contributed by atoms with Crippen LogP contribution in [-0.4, -0.2) is 55.3 Å². The number of imide groups is 1. The summed E-state index contributed by atoms with van der Waals surface area (Å²) in [6.45, 7) is 1.09. The molecule has 1 aromatic carbocycles. The summed E-state index contributed by atoms with van der Waals surface area (Å²) in [5, 5.41) is 5.66. The van der Waals surface area contributed by atoms with Crippen molar-refractivity contribution in [3.05, 3.63) is 34.9 Å². The van der Waals surface area contributed by atoms with Crippen LogP contribution in [0.5, 0.6) is 0 Å². The van der Waals surface area contributed by atoms with Crippen LogP contribution >= 0.6 is 11.6 Å². The molecule has 2 heterocycles. The van der Waals surface area contributed by atoms with Gasteiger partial charge in [-0.25, -0.2) is 13.2 Å². The third-order valence-corrected chi connectivity index (χ3v) is 6.62. The van der Waals surface area contributed by atoms with E-state index < -0.39 is 45.8 Å². The van der Waals surface area contributed by atoms with Crippen LogP contribution in [-0.2, 0) is 25.0 Å². The van der Waals surface area contributed by atoms with Gasteiger partial charge in [0, 0.05) is 11.1 Å². The van der Waals surface area contributed by atoms with E-state index in [4.69, 9.17) is 11.6 Å². The predicted molar refractivity (Wildman–Crippen MR) is 94.3 cm³/mol. The zero-order chi connectivity index (χ0) is 19.1. The molecule has 4 amide bonds. The third-order valence-electron chi connectivity index (χ3n) is 4.60. The van der Waals surface area contributed by atoms with Crippen molar-refractivity contribution in [2.75, 3.05) is 18.1 Å². The number of hydrogen-bond acceptors (Lipinski definition) is 5. The predicted octanol–water partition coefficient (Wildman–Crippen LogP) is 0.410. The first-order chi connectivity index (χ1) is 12.1. The molecular weight excluding hydrogens is 382 g/mol. The van der Waals surface area contributed by atoms with Gasteiger partial charge < -0.3 is 10.6 Å². The van der Waals surface area contributed by atoms with Gasteiger partial charge >= 0.3 is 6.03 Å². The number of urea groups is 1. The normalized spacial score (nSPS) is 27.5. The van der Waals surface area contributed by atoms with Crippen LogP contribution in [0.15, 0.2) is 24.3 Å². The minimum absolute atomic E-state index is 0.0235. The average molecular weight is 400 g/mol. The average Bonchev–Trinajstić information content (AvgIpc) is 3.00. The molecule has 0 aliphatic carbocycles. The summed E-state index contributed by atoms with van der Waals surface area (Å²) in [7, 11) is -3.13. The van der Waals surface area contributed by atoms with Crippen molar-refractivity contribution in [3.8, 4) is 0 Å². The summed E-state index contributed by atoms with van der Waals surface area (Å²) in [4.78, 5) is 37.9. The van der Waals surface area contributed by atoms with Crippen molar-refractivity contribution in [3.63, 3.8) is 0 Å². The maximum Gasteiger partial charge on any atom is 0.325 e. The summed E-state index contributed by atoms with van der Waals surface area (Å²) in [6, 6.07) is 5.31. The molecule has 0 spiro atoms. The van der Waals surface area contributed by atoms with E-state index in [9.17, 15) is 22.8 Å². The van der Waals surface area contributed by atoms with Crippen LogP contribution in [0.1, 0.15) is 18.9 Å². The molecule has 2 aliphatic heterocycles. The maximum absolute atomic E-state index is 12.7. The first-order valence-corrected chi connectivity index (χ1v) is 10.2. The number of amides is 4. The summed E-state index contributed by atoms with van der Waals surface area (Å²) in [5.74, 6) is -1.23. The van der Waals surface area contributed by atoms with Crippen molar-refractivity contribution in [2.24, 2.45) is 0 Å². The lowest BCUT2D eigenvalue weighted by atomic mass is 9.92. The van der Waals surface area contributed by atoms with Crippen LogP contribution in [0.3, 0.4) is 0 Å². The van der Waals surface area contributed by atoms with Gasteiger partial charge in [0.15, 0.2) is 9.84 Å². The molecule has 2 atom stereocenters. The molecule has 2 aliphatic rings. The van der Waals surface area contributed by atoms with Crippen LogP contribution in [0.25, 0.3) is 0 Å². The SMILES string of the molecule is C[C@@]1(c2ccc(Cl)cc2)NC(=O)N(CC(=O)N[C@H]2CCS(=O)(=O)C2)C1=O. The molecule has 2 fully saturated rings. The number of sulfone groups is 1. The highest BCUT2D eigenvalue weighted by Crippen LogP contribution is 2.29. The van der Waals surface area contributed by atoms with Gasteiger partial charge in [-0.1, -0.05) is 23.7 Å². The molecule has 0 unspecified atom stereocenters. The minimum atomic E-state index is -3.13. The Labute approximate surface area is 155 Å². The van der Waals surface area contributed by atoms with Crippen LogP contribution < -0.4 is 10.6 Å². The highest BCUT2D eigenvalue weighted by molar-refractivity contribution is 7.91. The van der Waals surface area contributed by atoms with E-state index in [1.165, 1.54) is 0 Å². The quantitative estimate of drug-likeness (QED) is 0.712. The van der Waals surface area contributed by atoms with E-state index in [0.717, 1.165) is 4.90 Å². The minimum Gasteiger partial charge on any atom is -0.351 e. The Balaban J connectivity index is 1.69. The summed E-state index contributed by atoms with van der Waals surface area (Å²) in [5.41, 5.74) is -0.747. The lowest BCUT2D eigenvalue weighted by molar-refractivity contribution is -0.135. The Kier molecular flexibility index (Phi) is 4.70. The second kappa shape index (κ2) is 6.55. The van der Waals surface area contributed by atoms with E-state index in [0.29, 0.717) is 17.0 Å². The lowest BCUT2D eigenvalue weighted by Crippen LogP contribution is -2.45. The van der Waals surface area contributed by atoms with Gasteiger partial charge in [-0.15, -0.1) is 0 Å². The first-order valence-electron chi connectivity index (χ1n) is 8.01. The standard InChI is InChI=1S/C16H18ClN3O5S/c1-16(10-2-4-11(17)5-3-10)14(22)20(15(23)19-16)8-13(21)18-12-6-7-26(24,25)9-12/h2-5,12H,6-9H2,1H3,(H,18,21)(H,19,23)/t12-,16-/m0/s1. The van der Waals surface area contributed by atoms with Crippen molar-refractivity contribution in [1.29, 1.82) is 0 Å². The molecule has 140 valence electrons. The number of benzene rings is 1. The Morgan fingerprint density at radius 2 is 2.00 bits per heavy atom. The number of hydrogen-bond donors (Lipinski definition) is 2. The molecule has 3 rings (SSSR count). The fraction of sp³-hybridized carbons (Fsp3) is 0.438. The van der Waals surface area contributed by atoms with Gasteiger partial charge in [-0.05, 0) is 31.0 Å². The summed E-state index contributed by atoms with van der Waals surface area (Å²) < 4.78 is 22.9. The van der Waals surface area contributed by atoms with E-state index in [2.05, 4.69) is 10.6 Å². The Hall–Kier alpha value is -2.13. The van der Waals surface area contributed by atoms with E-state index in [1.54, 1.807) is 31.2 Å². The molecular formula is C16H18ClN3O5S. The van der Waals surface area contributed by atoms with Crippen LogP contribution in [0, 0.1) is 0 Å². The molecule has 0 radical (unpaired) electrons. The Morgan fingerprint density at radius 1 is 1.35 bits per heavy atom. The highest BCUT2D eigenvalue weighted by Gasteiger charge is 2.49. The fourth-order valence-corrected chi connectivity index (χ4v) is 4.94. The van der Waals surface area contributed by atoms with Crippen LogP contribution in [0.2, 0.25) is 5.02 Å². The van der Waals surface area contributed by atoms with Gasteiger partial charge in [0.1, 0.15) is 12.1 Å². The number of rotatable bonds is 4. The Bertz CT molecular complexity index is 870. The topological polar surface area (TPSA) is 113 Å². The number of halogens is 1. The van der Waals surface area contributed by atoms with Crippen molar-refractivity contribution < 1.29 is 22.8 Å². The van der Waals surface area contributed by atoms with E-state index in [1.807, 2.05) is 0 Å². The molecule has 0 bridgehead atoms. The van der Waals surface area contributed by atoms with Gasteiger partial charge in [-0.3, -0.25) is 14.5 Å². The largest absolute Gasteiger partial charge is 0.351 e. The molecule has 2 N–H and O–H groups in total. The van der Waals surface area contributed by atoms with Gasteiger partial charge in [0.25, 0.3) is 5.91 Å². The molecule has 8 nitrogen and oxygen atoms in total. The zero-order valence-corrected chi connectivity index (χ0v) is 15.6. The van der Waals surface area contributed by atoms with Gasteiger partial charge in [0.2, 0.25) is 5.91 Å². The molecule has 1 aromatic rings. The van der Waals surface area contributed by atoms with Crippen molar-refractivity contribution >= 4 is 39.3 Å². The van der Waals surface area contributed by atoms with E-state index in [-0.39, 0.29) is 11.5 Å². The van der Waals surface area contributed by atoms with Gasteiger partial charge in [0.05, 0.1) is 11.5 Å². The lowest BCUT2D eigenvalue weighted by Gasteiger charge is -2.22. The molecule has 2 saturated heterocycles. The molecule has 0 saturated carbocycles. The van der Waals surface area contributed by atoms with Crippen molar-refractivity contribution in [1.82, 2.24) is 15.5 Å². The van der Waals surface area contributed by atoms with Gasteiger partial charge in [-0.2, -0.15) is 0 Å². The van der Waals surface area contributed by atoms with E-state index >= 15 is 0 Å². The molecule has 0 aromatic heterocycles. The smallest absolute Gasteiger partial charge is 0.325 e. The summed E-state index contributed by atoms with van der Waals surface area (Å²) >= 11 is 5.85. The number of nitrogens with one attached hydrogen (secondary N) is 2. The fourth-order valence-electron chi connectivity index (χ4n) is 3.15. The summed E-state index contributed by atoms with van der Waals surface area (Å²) in [6.07, 6.45) is 0.330. The zero-order valence-electron chi connectivity index (χ0n) is 14.0. The van der Waals surface area contributed by atoms with Crippen molar-refractivity contribution in [2.45, 2.75) is 24.9 Å².